The molecule has 3 unspecified atom stereocenters. The fraction of sp³-hybridized carbons (Fsp3) is 1.00. The van der Waals surface area contributed by atoms with Crippen LogP contribution in [0.25, 0.3) is 0 Å². The lowest BCUT2D eigenvalue weighted by molar-refractivity contribution is 0.299. The van der Waals surface area contributed by atoms with E-state index in [-0.39, 0.29) is 0 Å². The topological polar surface area (TPSA) is 15.3 Å². The molecule has 3 atom stereocenters. The predicted octanol–water partition coefficient (Wildman–Crippen LogP) is 1.56. The third-order valence-electron chi connectivity index (χ3n) is 3.68. The number of fused-ring (bicyclic) bond motifs is 1. The van der Waals surface area contributed by atoms with Crippen molar-refractivity contribution in [3.8, 4) is 0 Å². The summed E-state index contributed by atoms with van der Waals surface area (Å²) in [6, 6.07) is 1.65. The maximum atomic E-state index is 3.74. The summed E-state index contributed by atoms with van der Waals surface area (Å²) in [6.07, 6.45) is 6.40. The maximum Gasteiger partial charge on any atom is 0.0250 e. The van der Waals surface area contributed by atoms with Crippen LogP contribution in [0.2, 0.25) is 0 Å². The molecule has 2 saturated heterocycles. The minimum Gasteiger partial charge on any atom is -0.311 e. The molecule has 3 heteroatoms. The molecule has 82 valence electrons. The van der Waals surface area contributed by atoms with Gasteiger partial charge in [0.15, 0.2) is 0 Å². The van der Waals surface area contributed by atoms with Crippen LogP contribution in [0.4, 0.5) is 0 Å². The van der Waals surface area contributed by atoms with Crippen LogP contribution >= 0.6 is 11.8 Å². The van der Waals surface area contributed by atoms with Gasteiger partial charge in [0.2, 0.25) is 0 Å². The zero-order valence-corrected chi connectivity index (χ0v) is 10.1. The second-order valence-corrected chi connectivity index (χ2v) is 5.87. The van der Waals surface area contributed by atoms with Gasteiger partial charge >= 0.3 is 0 Å². The van der Waals surface area contributed by atoms with Gasteiger partial charge in [-0.05, 0) is 32.1 Å². The minimum absolute atomic E-state index is 0.755. The van der Waals surface area contributed by atoms with Crippen molar-refractivity contribution in [2.24, 2.45) is 0 Å². The molecule has 0 spiro atoms. The summed E-state index contributed by atoms with van der Waals surface area (Å²) in [6.45, 7) is 6.16. The van der Waals surface area contributed by atoms with Crippen LogP contribution in [0.3, 0.4) is 0 Å². The molecule has 0 radical (unpaired) electrons. The fourth-order valence-electron chi connectivity index (χ4n) is 2.72. The van der Waals surface area contributed by atoms with Crippen molar-refractivity contribution in [2.45, 2.75) is 43.5 Å². The zero-order chi connectivity index (χ0) is 9.97. The number of rotatable bonds is 4. The summed E-state index contributed by atoms with van der Waals surface area (Å²) < 4.78 is 0. The first kappa shape index (κ1) is 10.8. The molecule has 0 saturated carbocycles. The summed E-state index contributed by atoms with van der Waals surface area (Å²) in [5, 5.41) is 4.50. The van der Waals surface area contributed by atoms with Gasteiger partial charge in [-0.15, -0.1) is 0 Å². The second-order valence-electron chi connectivity index (χ2n) is 4.60. The Hall–Kier alpha value is 0.270. The number of nitrogens with zero attached hydrogens (tertiary/aromatic N) is 1. The van der Waals surface area contributed by atoms with E-state index >= 15 is 0 Å². The highest BCUT2D eigenvalue weighted by atomic mass is 32.2. The van der Waals surface area contributed by atoms with Gasteiger partial charge in [-0.25, -0.2) is 0 Å². The van der Waals surface area contributed by atoms with Gasteiger partial charge < -0.3 is 5.32 Å². The van der Waals surface area contributed by atoms with E-state index in [4.69, 9.17) is 0 Å². The number of thioether (sulfide) groups is 1. The predicted molar refractivity (Wildman–Crippen MR) is 64.0 cm³/mol. The third kappa shape index (κ3) is 2.26. The van der Waals surface area contributed by atoms with Gasteiger partial charge in [0, 0.05) is 30.4 Å². The number of hydrogen-bond donors (Lipinski definition) is 1. The maximum absolute atomic E-state index is 3.74. The van der Waals surface area contributed by atoms with E-state index in [1.165, 1.54) is 38.9 Å². The molecular weight excluding hydrogens is 192 g/mol. The minimum atomic E-state index is 0.755. The van der Waals surface area contributed by atoms with Crippen molar-refractivity contribution in [1.29, 1.82) is 0 Å². The SMILES string of the molecule is CSC(C)CNC1CCN2CCCC12. The van der Waals surface area contributed by atoms with Gasteiger partial charge in [-0.2, -0.15) is 11.8 Å². The Balaban J connectivity index is 1.76. The molecule has 0 aromatic carbocycles. The molecule has 2 nitrogen and oxygen atoms in total. The van der Waals surface area contributed by atoms with Gasteiger partial charge in [-0.1, -0.05) is 6.92 Å². The molecule has 2 fully saturated rings. The van der Waals surface area contributed by atoms with E-state index in [0.29, 0.717) is 0 Å². The Morgan fingerprint density at radius 2 is 2.29 bits per heavy atom. The smallest absolute Gasteiger partial charge is 0.0250 e. The van der Waals surface area contributed by atoms with Gasteiger partial charge in [0.1, 0.15) is 0 Å². The zero-order valence-electron chi connectivity index (χ0n) is 9.33. The average molecular weight is 214 g/mol. The summed E-state index contributed by atoms with van der Waals surface area (Å²) in [4.78, 5) is 2.67. The van der Waals surface area contributed by atoms with Gasteiger partial charge in [0.05, 0.1) is 0 Å². The summed E-state index contributed by atoms with van der Waals surface area (Å²) in [7, 11) is 0. The lowest BCUT2D eigenvalue weighted by Gasteiger charge is -2.22. The van der Waals surface area contributed by atoms with Crippen molar-refractivity contribution in [2.75, 3.05) is 25.9 Å². The van der Waals surface area contributed by atoms with E-state index in [9.17, 15) is 0 Å². The fourth-order valence-corrected chi connectivity index (χ4v) is 2.98. The van der Waals surface area contributed by atoms with Crippen LogP contribution in [-0.2, 0) is 0 Å². The van der Waals surface area contributed by atoms with Crippen LogP contribution in [-0.4, -0.2) is 48.1 Å². The first-order chi connectivity index (χ1) is 6.81. The Bertz CT molecular complexity index is 186. The van der Waals surface area contributed by atoms with Crippen LogP contribution in [0.15, 0.2) is 0 Å². The Kier molecular flexibility index (Phi) is 3.74. The number of nitrogens with one attached hydrogen (secondary N) is 1. The van der Waals surface area contributed by atoms with E-state index in [2.05, 4.69) is 23.4 Å². The van der Waals surface area contributed by atoms with Crippen molar-refractivity contribution >= 4 is 11.8 Å². The van der Waals surface area contributed by atoms with Crippen LogP contribution in [0, 0.1) is 0 Å². The highest BCUT2D eigenvalue weighted by Crippen LogP contribution is 2.27. The summed E-state index contributed by atoms with van der Waals surface area (Å²) in [5.41, 5.74) is 0. The standard InChI is InChI=1S/C11H22N2S/c1-9(14-2)8-12-10-5-7-13-6-3-4-11(10)13/h9-12H,3-8H2,1-2H3. The molecule has 2 aliphatic rings. The lowest BCUT2D eigenvalue weighted by atomic mass is 10.1. The lowest BCUT2D eigenvalue weighted by Crippen LogP contribution is -2.41. The molecule has 0 aromatic heterocycles. The van der Waals surface area contributed by atoms with Crippen LogP contribution in [0.1, 0.15) is 26.2 Å². The molecule has 0 aromatic rings. The molecule has 1 N–H and O–H groups in total. The van der Waals surface area contributed by atoms with E-state index in [1.54, 1.807) is 0 Å². The van der Waals surface area contributed by atoms with E-state index < -0.39 is 0 Å². The van der Waals surface area contributed by atoms with Gasteiger partial charge in [-0.3, -0.25) is 4.90 Å². The molecule has 0 amide bonds. The van der Waals surface area contributed by atoms with E-state index in [0.717, 1.165) is 17.3 Å². The normalized spacial score (nSPS) is 34.7. The highest BCUT2D eigenvalue weighted by molar-refractivity contribution is 7.99. The molecule has 2 heterocycles. The molecule has 14 heavy (non-hydrogen) atoms. The van der Waals surface area contributed by atoms with Gasteiger partial charge in [0.25, 0.3) is 0 Å². The molecular formula is C11H22N2S. The van der Waals surface area contributed by atoms with Crippen molar-refractivity contribution in [3.63, 3.8) is 0 Å². The van der Waals surface area contributed by atoms with Crippen molar-refractivity contribution in [1.82, 2.24) is 10.2 Å². The summed E-state index contributed by atoms with van der Waals surface area (Å²) in [5.74, 6) is 0. The Labute approximate surface area is 91.8 Å². The monoisotopic (exact) mass is 214 g/mol. The molecule has 2 aliphatic heterocycles. The molecule has 0 aliphatic carbocycles. The molecule has 2 rings (SSSR count). The van der Waals surface area contributed by atoms with E-state index in [1.807, 2.05) is 11.8 Å². The summed E-state index contributed by atoms with van der Waals surface area (Å²) >= 11 is 1.96. The molecule has 0 bridgehead atoms. The Morgan fingerprint density at radius 3 is 3.07 bits per heavy atom. The quantitative estimate of drug-likeness (QED) is 0.764. The largest absolute Gasteiger partial charge is 0.311 e. The average Bonchev–Trinajstić information content (AvgIpc) is 2.76. The third-order valence-corrected chi connectivity index (χ3v) is 4.65. The first-order valence-corrected chi connectivity index (χ1v) is 7.10. The van der Waals surface area contributed by atoms with Crippen LogP contribution < -0.4 is 5.32 Å². The first-order valence-electron chi connectivity index (χ1n) is 5.81. The Morgan fingerprint density at radius 1 is 1.43 bits per heavy atom. The van der Waals surface area contributed by atoms with Crippen LogP contribution in [0.5, 0.6) is 0 Å². The highest BCUT2D eigenvalue weighted by Gasteiger charge is 2.36. The van der Waals surface area contributed by atoms with Crippen molar-refractivity contribution < 1.29 is 0 Å². The second kappa shape index (κ2) is 4.86. The number of hydrogen-bond acceptors (Lipinski definition) is 3. The van der Waals surface area contributed by atoms with Crippen molar-refractivity contribution in [3.05, 3.63) is 0 Å².